The Bertz CT molecular complexity index is 1310. The summed E-state index contributed by atoms with van der Waals surface area (Å²) in [5.41, 5.74) is 0.351. The fourth-order valence-electron chi connectivity index (χ4n) is 4.49. The van der Waals surface area contributed by atoms with Gasteiger partial charge in [-0.15, -0.1) is 0 Å². The molecule has 0 radical (unpaired) electrons. The number of para-hydroxylation sites is 1. The number of aromatic carboxylic acids is 1. The molecule has 39 heavy (non-hydrogen) atoms. The number of nitrogens with one attached hydrogen (secondary N) is 2. The first-order valence-electron chi connectivity index (χ1n) is 12.1. The number of aliphatic hydroxyl groups is 1. The molecule has 15 heteroatoms. The monoisotopic (exact) mass is 542 g/mol. The van der Waals surface area contributed by atoms with Crippen molar-refractivity contribution in [3.63, 3.8) is 0 Å². The van der Waals surface area contributed by atoms with Crippen LogP contribution in [-0.4, -0.2) is 98.0 Å². The molecule has 1 saturated heterocycles. The summed E-state index contributed by atoms with van der Waals surface area (Å²) in [6.07, 6.45) is -1.79. The van der Waals surface area contributed by atoms with Crippen LogP contribution in [0.3, 0.4) is 0 Å². The number of carbonyl (C=O) groups excluding carboxylic acids is 3. The van der Waals surface area contributed by atoms with Gasteiger partial charge in [-0.3, -0.25) is 24.6 Å². The number of hydrogen-bond acceptors (Lipinski definition) is 10. The van der Waals surface area contributed by atoms with E-state index in [9.17, 15) is 44.6 Å². The van der Waals surface area contributed by atoms with Gasteiger partial charge in [0.25, 0.3) is 0 Å². The molecule has 2 aliphatic heterocycles. The number of carboxylic acid groups (broad SMARTS) is 1. The van der Waals surface area contributed by atoms with Gasteiger partial charge < -0.3 is 40.3 Å². The number of aliphatic hydroxyl groups excluding tert-OH is 1. The van der Waals surface area contributed by atoms with E-state index < -0.39 is 60.6 Å². The summed E-state index contributed by atoms with van der Waals surface area (Å²) in [5, 5.41) is 55.6. The Labute approximate surface area is 222 Å². The van der Waals surface area contributed by atoms with Crippen LogP contribution in [0.15, 0.2) is 36.4 Å². The SMILES string of the molecule is CCN1CCN(C(O)N[C@@H](C(=O)N[C@H]2Cc3cccc(C(=O)O)c3OB2O)c2ccc(O)c(O)c2)C(=O)C1=O. The van der Waals surface area contributed by atoms with E-state index in [1.807, 2.05) is 0 Å². The molecule has 0 aliphatic carbocycles. The van der Waals surface area contributed by atoms with E-state index in [0.29, 0.717) is 12.1 Å². The molecule has 1 unspecified atom stereocenters. The molecule has 2 aromatic carbocycles. The number of amides is 3. The van der Waals surface area contributed by atoms with Crippen LogP contribution >= 0.6 is 0 Å². The Hall–Kier alpha value is -4.34. The van der Waals surface area contributed by atoms with Crippen LogP contribution in [0.5, 0.6) is 17.2 Å². The zero-order valence-electron chi connectivity index (χ0n) is 20.8. The number of nitrogens with zero attached hydrogens (tertiary/aromatic N) is 2. The lowest BCUT2D eigenvalue weighted by Gasteiger charge is -2.37. The number of hydrogen-bond donors (Lipinski definition) is 7. The van der Waals surface area contributed by atoms with Crippen molar-refractivity contribution in [2.24, 2.45) is 0 Å². The molecule has 4 rings (SSSR count). The maximum Gasteiger partial charge on any atom is 0.547 e. The fraction of sp³-hybridized carbons (Fsp3) is 0.333. The summed E-state index contributed by atoms with van der Waals surface area (Å²) in [6.45, 7) is 2.17. The predicted octanol–water partition coefficient (Wildman–Crippen LogP) is -1.47. The van der Waals surface area contributed by atoms with Gasteiger partial charge in [0.2, 0.25) is 5.91 Å². The highest BCUT2D eigenvalue weighted by Gasteiger charge is 2.41. The molecule has 1 fully saturated rings. The predicted molar refractivity (Wildman–Crippen MR) is 133 cm³/mol. The van der Waals surface area contributed by atoms with E-state index in [-0.39, 0.29) is 36.4 Å². The van der Waals surface area contributed by atoms with Crippen molar-refractivity contribution in [2.75, 3.05) is 19.6 Å². The highest BCUT2D eigenvalue weighted by Crippen LogP contribution is 2.31. The molecular formula is C24H27BN4O10. The topological polar surface area (TPSA) is 209 Å². The van der Waals surface area contributed by atoms with Gasteiger partial charge in [-0.2, -0.15) is 0 Å². The minimum atomic E-state index is -1.79. The Morgan fingerprint density at radius 3 is 2.54 bits per heavy atom. The maximum atomic E-state index is 13.4. The molecule has 3 atom stereocenters. The van der Waals surface area contributed by atoms with Crippen molar-refractivity contribution < 1.29 is 49.3 Å². The number of carboxylic acids is 1. The molecule has 2 aromatic rings. The molecule has 3 amide bonds. The summed E-state index contributed by atoms with van der Waals surface area (Å²) in [7, 11) is -1.62. The maximum absolute atomic E-state index is 13.4. The normalized spacial score (nSPS) is 18.7. The zero-order chi connectivity index (χ0) is 28.4. The van der Waals surface area contributed by atoms with Gasteiger partial charge in [-0.05, 0) is 42.7 Å². The number of fused-ring (bicyclic) bond motifs is 1. The second-order valence-corrected chi connectivity index (χ2v) is 9.03. The Morgan fingerprint density at radius 1 is 1.13 bits per heavy atom. The minimum Gasteiger partial charge on any atom is -0.534 e. The van der Waals surface area contributed by atoms with Crippen LogP contribution < -0.4 is 15.3 Å². The highest BCUT2D eigenvalue weighted by molar-refractivity contribution is 6.47. The molecule has 2 heterocycles. The standard InChI is InChI=1S/C24H27BN4O10/c1-2-28-8-9-29(22(34)21(28)33)24(37)27-18(12-6-7-15(30)16(31)10-12)20(32)26-17-11-13-4-3-5-14(23(35)36)19(13)39-25(17)38/h3-7,10,17-18,24,27,30-31,37-38H,2,8-9,11H2,1H3,(H,26,32)(H,35,36)/t17-,18+,24?/m0/s1. The van der Waals surface area contributed by atoms with Gasteiger partial charge in [0.15, 0.2) is 17.9 Å². The number of piperazine rings is 1. The third-order valence-electron chi connectivity index (χ3n) is 6.61. The lowest BCUT2D eigenvalue weighted by atomic mass is 9.72. The Morgan fingerprint density at radius 2 is 1.87 bits per heavy atom. The van der Waals surface area contributed by atoms with Gasteiger partial charge in [0.1, 0.15) is 11.8 Å². The quantitative estimate of drug-likeness (QED) is 0.0887. The van der Waals surface area contributed by atoms with Gasteiger partial charge in [-0.25, -0.2) is 4.79 Å². The first-order valence-corrected chi connectivity index (χ1v) is 12.1. The first kappa shape index (κ1) is 27.7. The van der Waals surface area contributed by atoms with Gasteiger partial charge in [0, 0.05) is 19.6 Å². The average Bonchev–Trinajstić information content (AvgIpc) is 2.90. The van der Waals surface area contributed by atoms with Crippen molar-refractivity contribution in [3.05, 3.63) is 53.1 Å². The fourth-order valence-corrected chi connectivity index (χ4v) is 4.49. The summed E-state index contributed by atoms with van der Waals surface area (Å²) in [4.78, 5) is 51.9. The van der Waals surface area contributed by atoms with Crippen LogP contribution in [-0.2, 0) is 20.8 Å². The van der Waals surface area contributed by atoms with Crippen LogP contribution in [0.4, 0.5) is 0 Å². The molecule has 14 nitrogen and oxygen atoms in total. The molecular weight excluding hydrogens is 515 g/mol. The van der Waals surface area contributed by atoms with Crippen molar-refractivity contribution in [2.45, 2.75) is 31.7 Å². The summed E-state index contributed by atoms with van der Waals surface area (Å²) >= 11 is 0. The van der Waals surface area contributed by atoms with Crippen molar-refractivity contribution in [1.29, 1.82) is 0 Å². The third kappa shape index (κ3) is 5.60. The number of carbonyl (C=O) groups is 4. The molecule has 0 bridgehead atoms. The molecule has 206 valence electrons. The van der Waals surface area contributed by atoms with E-state index in [2.05, 4.69) is 10.6 Å². The van der Waals surface area contributed by atoms with E-state index in [1.54, 1.807) is 13.0 Å². The average molecular weight is 542 g/mol. The van der Waals surface area contributed by atoms with Crippen LogP contribution in [0.1, 0.15) is 34.5 Å². The number of rotatable bonds is 8. The molecule has 7 N–H and O–H groups in total. The number of phenolic OH excluding ortho intramolecular Hbond substituents is 2. The van der Waals surface area contributed by atoms with E-state index >= 15 is 0 Å². The smallest absolute Gasteiger partial charge is 0.534 e. The van der Waals surface area contributed by atoms with E-state index in [1.165, 1.54) is 23.1 Å². The zero-order valence-corrected chi connectivity index (χ0v) is 20.8. The minimum absolute atomic E-state index is 0.00538. The molecule has 2 aliphatic rings. The van der Waals surface area contributed by atoms with Crippen LogP contribution in [0.25, 0.3) is 0 Å². The lowest BCUT2D eigenvalue weighted by molar-refractivity contribution is -0.166. The van der Waals surface area contributed by atoms with Crippen molar-refractivity contribution in [3.8, 4) is 17.2 Å². The Balaban J connectivity index is 1.57. The summed E-state index contributed by atoms with van der Waals surface area (Å²) in [6, 6.07) is 6.44. The first-order chi connectivity index (χ1) is 18.5. The summed E-state index contributed by atoms with van der Waals surface area (Å²) < 4.78 is 5.40. The Kier molecular flexibility index (Phi) is 7.94. The molecule has 0 aromatic heterocycles. The van der Waals surface area contributed by atoms with Crippen molar-refractivity contribution >= 4 is 30.8 Å². The van der Waals surface area contributed by atoms with E-state index in [0.717, 1.165) is 17.0 Å². The third-order valence-corrected chi connectivity index (χ3v) is 6.61. The van der Waals surface area contributed by atoms with Gasteiger partial charge in [0.05, 0.1) is 11.5 Å². The van der Waals surface area contributed by atoms with Crippen molar-refractivity contribution in [1.82, 2.24) is 20.4 Å². The largest absolute Gasteiger partial charge is 0.547 e. The van der Waals surface area contributed by atoms with Crippen LogP contribution in [0, 0.1) is 0 Å². The van der Waals surface area contributed by atoms with E-state index in [4.69, 9.17) is 4.65 Å². The highest BCUT2D eigenvalue weighted by atomic mass is 16.5. The number of benzene rings is 2. The molecule has 0 saturated carbocycles. The number of aromatic hydroxyl groups is 2. The second kappa shape index (κ2) is 11.2. The van der Waals surface area contributed by atoms with Gasteiger partial charge >= 0.3 is 24.9 Å². The molecule has 0 spiro atoms. The van der Waals surface area contributed by atoms with Crippen LogP contribution in [0.2, 0.25) is 0 Å². The summed E-state index contributed by atoms with van der Waals surface area (Å²) in [5.74, 6) is -5.94. The van der Waals surface area contributed by atoms with Gasteiger partial charge in [-0.1, -0.05) is 18.2 Å². The lowest BCUT2D eigenvalue weighted by Crippen LogP contribution is -2.62. The number of likely N-dealkylation sites (N-methyl/N-ethyl adjacent to an activating group) is 1. The second-order valence-electron chi connectivity index (χ2n) is 9.03. The number of phenols is 2.